The van der Waals surface area contributed by atoms with Crippen LogP contribution in [0.3, 0.4) is 0 Å². The van der Waals surface area contributed by atoms with Gasteiger partial charge in [0.1, 0.15) is 24.4 Å². The summed E-state index contributed by atoms with van der Waals surface area (Å²) in [5.41, 5.74) is 0. The van der Waals surface area contributed by atoms with Crippen LogP contribution in [0.4, 0.5) is 0 Å². The number of hydrogen-bond donors (Lipinski definition) is 6. The van der Waals surface area contributed by atoms with E-state index in [1.165, 1.54) is 167 Å². The Bertz CT molecular complexity index is 1080. The molecule has 6 N–H and O–H groups in total. The van der Waals surface area contributed by atoms with E-state index in [0.29, 0.717) is 6.42 Å². The summed E-state index contributed by atoms with van der Waals surface area (Å²) in [4.78, 5) is 13.0. The number of ether oxygens (including phenoxy) is 2. The Kier molecular flexibility index (Phi) is 41.7. The molecule has 0 spiro atoms. The first-order chi connectivity index (χ1) is 30.8. The molecule has 0 aliphatic carbocycles. The van der Waals surface area contributed by atoms with E-state index in [9.17, 15) is 30.3 Å². The van der Waals surface area contributed by atoms with Gasteiger partial charge in [0.05, 0.1) is 25.4 Å². The SMILES string of the molecule is CCCCCCCCC/C=C\CCCCCCCC(=O)NC(COC1OC(CO)C(O)C(O)C1O)C(O)/C=C/CC/C=C/CCCCCCCCCCCCCCCCCCCC. The summed E-state index contributed by atoms with van der Waals surface area (Å²) in [6.07, 6.45) is 49.2. The normalized spacial score (nSPS) is 20.4. The summed E-state index contributed by atoms with van der Waals surface area (Å²) in [6.45, 7) is 3.77. The molecule has 370 valence electrons. The first kappa shape index (κ1) is 59.4. The van der Waals surface area contributed by atoms with Crippen LogP contribution >= 0.6 is 0 Å². The van der Waals surface area contributed by atoms with Gasteiger partial charge in [-0.1, -0.05) is 217 Å². The second-order valence-corrected chi connectivity index (χ2v) is 18.7. The van der Waals surface area contributed by atoms with Crippen molar-refractivity contribution in [3.63, 3.8) is 0 Å². The Morgan fingerprint density at radius 3 is 1.33 bits per heavy atom. The molecule has 1 amide bonds. The van der Waals surface area contributed by atoms with Crippen molar-refractivity contribution in [2.24, 2.45) is 0 Å². The number of carbonyl (C=O) groups is 1. The minimum atomic E-state index is -1.57. The highest BCUT2D eigenvalue weighted by atomic mass is 16.7. The van der Waals surface area contributed by atoms with Gasteiger partial charge in [-0.25, -0.2) is 0 Å². The Morgan fingerprint density at radius 2 is 0.905 bits per heavy atom. The van der Waals surface area contributed by atoms with Crippen LogP contribution in [-0.2, 0) is 14.3 Å². The maximum Gasteiger partial charge on any atom is 0.220 e. The third-order valence-electron chi connectivity index (χ3n) is 12.7. The average molecular weight is 892 g/mol. The molecule has 1 aliphatic rings. The molecule has 7 atom stereocenters. The van der Waals surface area contributed by atoms with E-state index in [1.807, 2.05) is 6.08 Å². The van der Waals surface area contributed by atoms with Gasteiger partial charge >= 0.3 is 0 Å². The lowest BCUT2D eigenvalue weighted by atomic mass is 9.99. The van der Waals surface area contributed by atoms with Gasteiger partial charge in [-0.2, -0.15) is 0 Å². The predicted octanol–water partition coefficient (Wildman–Crippen LogP) is 12.4. The van der Waals surface area contributed by atoms with Crippen molar-refractivity contribution in [3.05, 3.63) is 36.5 Å². The first-order valence-electron chi connectivity index (χ1n) is 26.7. The van der Waals surface area contributed by atoms with Gasteiger partial charge in [-0.15, -0.1) is 0 Å². The molecule has 0 radical (unpaired) electrons. The second-order valence-electron chi connectivity index (χ2n) is 18.7. The van der Waals surface area contributed by atoms with Gasteiger partial charge in [0.25, 0.3) is 0 Å². The van der Waals surface area contributed by atoms with Crippen molar-refractivity contribution >= 4 is 5.91 Å². The number of rotatable bonds is 45. The smallest absolute Gasteiger partial charge is 0.220 e. The molecule has 9 heteroatoms. The Hall–Kier alpha value is -1.59. The summed E-state index contributed by atoms with van der Waals surface area (Å²) in [7, 11) is 0. The molecule has 63 heavy (non-hydrogen) atoms. The number of carbonyl (C=O) groups excluding carboxylic acids is 1. The number of aliphatic hydroxyl groups is 5. The van der Waals surface area contributed by atoms with Crippen LogP contribution in [0.2, 0.25) is 0 Å². The molecule has 0 aromatic rings. The number of hydrogen-bond acceptors (Lipinski definition) is 8. The summed E-state index contributed by atoms with van der Waals surface area (Å²) >= 11 is 0. The second kappa shape index (κ2) is 44.3. The quantitative estimate of drug-likeness (QED) is 0.0261. The molecular weight excluding hydrogens is 791 g/mol. The fourth-order valence-electron chi connectivity index (χ4n) is 8.40. The maximum atomic E-state index is 13.0. The van der Waals surface area contributed by atoms with Crippen LogP contribution in [0, 0.1) is 0 Å². The Balaban J connectivity index is 2.29. The van der Waals surface area contributed by atoms with Gasteiger partial charge < -0.3 is 40.3 Å². The minimum Gasteiger partial charge on any atom is -0.394 e. The Labute approximate surface area is 387 Å². The summed E-state index contributed by atoms with van der Waals surface area (Å²) < 4.78 is 11.2. The molecular formula is C54H101NO8. The zero-order valence-electron chi connectivity index (χ0n) is 40.8. The van der Waals surface area contributed by atoms with Crippen molar-refractivity contribution in [3.8, 4) is 0 Å². The van der Waals surface area contributed by atoms with E-state index < -0.39 is 49.5 Å². The molecule has 1 saturated heterocycles. The van der Waals surface area contributed by atoms with Crippen LogP contribution in [-0.4, -0.2) is 87.5 Å². The van der Waals surface area contributed by atoms with Crippen molar-refractivity contribution in [1.82, 2.24) is 5.32 Å². The number of nitrogens with one attached hydrogen (secondary N) is 1. The highest BCUT2D eigenvalue weighted by Gasteiger charge is 2.44. The topological polar surface area (TPSA) is 149 Å². The minimum absolute atomic E-state index is 0.194. The molecule has 1 rings (SSSR count). The molecule has 1 aliphatic heterocycles. The molecule has 7 unspecified atom stereocenters. The van der Waals surface area contributed by atoms with Crippen LogP contribution in [0.1, 0.15) is 245 Å². The van der Waals surface area contributed by atoms with Gasteiger partial charge in [0, 0.05) is 6.42 Å². The van der Waals surface area contributed by atoms with Gasteiger partial charge in [-0.3, -0.25) is 4.79 Å². The number of unbranched alkanes of at least 4 members (excludes halogenated alkanes) is 31. The summed E-state index contributed by atoms with van der Waals surface area (Å²) in [5, 5.41) is 54.3. The fraction of sp³-hybridized carbons (Fsp3) is 0.870. The van der Waals surface area contributed by atoms with Crippen molar-refractivity contribution in [1.29, 1.82) is 0 Å². The summed E-state index contributed by atoms with van der Waals surface area (Å²) in [6, 6.07) is -0.825. The molecule has 0 aromatic heterocycles. The molecule has 0 bridgehead atoms. The van der Waals surface area contributed by atoms with E-state index in [1.54, 1.807) is 6.08 Å². The zero-order valence-corrected chi connectivity index (χ0v) is 40.8. The van der Waals surface area contributed by atoms with Crippen LogP contribution < -0.4 is 5.32 Å². The highest BCUT2D eigenvalue weighted by Crippen LogP contribution is 2.23. The zero-order chi connectivity index (χ0) is 45.9. The monoisotopic (exact) mass is 892 g/mol. The molecule has 1 heterocycles. The van der Waals surface area contributed by atoms with Gasteiger partial charge in [0.15, 0.2) is 6.29 Å². The standard InChI is InChI=1S/C54H101NO8/c1-3-5-7-9-11-13-15-17-19-21-22-23-24-25-26-27-28-29-31-33-35-37-39-41-43-48(57)47(46-62-54-53(61)52(60)51(59)49(45-56)63-54)55-50(58)44-42-40-38-36-34-32-30-20-18-16-14-12-10-8-6-4-2/h20,30,33,35,41,43,47-49,51-54,56-57,59-61H,3-19,21-29,31-32,34,36-40,42,44-46H2,1-2H3,(H,55,58)/b30-20-,35-33+,43-41+. The van der Waals surface area contributed by atoms with E-state index in [4.69, 9.17) is 9.47 Å². The van der Waals surface area contributed by atoms with Crippen LogP contribution in [0.15, 0.2) is 36.5 Å². The van der Waals surface area contributed by atoms with Crippen LogP contribution in [0.25, 0.3) is 0 Å². The van der Waals surface area contributed by atoms with Gasteiger partial charge in [0.2, 0.25) is 5.91 Å². The lowest BCUT2D eigenvalue weighted by Gasteiger charge is -2.40. The number of amides is 1. The van der Waals surface area contributed by atoms with E-state index in [0.717, 1.165) is 57.8 Å². The maximum absolute atomic E-state index is 13.0. The average Bonchev–Trinajstić information content (AvgIpc) is 3.28. The van der Waals surface area contributed by atoms with E-state index in [2.05, 4.69) is 43.5 Å². The lowest BCUT2D eigenvalue weighted by molar-refractivity contribution is -0.302. The number of aliphatic hydroxyl groups excluding tert-OH is 5. The van der Waals surface area contributed by atoms with Gasteiger partial charge in [-0.05, 0) is 57.8 Å². The summed E-state index contributed by atoms with van der Waals surface area (Å²) in [5.74, 6) is -0.194. The first-order valence-corrected chi connectivity index (χ1v) is 26.7. The van der Waals surface area contributed by atoms with Crippen molar-refractivity contribution in [2.45, 2.75) is 288 Å². The molecule has 0 aromatic carbocycles. The Morgan fingerprint density at radius 1 is 0.524 bits per heavy atom. The van der Waals surface area contributed by atoms with E-state index >= 15 is 0 Å². The number of allylic oxidation sites excluding steroid dienone is 5. The third-order valence-corrected chi connectivity index (χ3v) is 12.7. The predicted molar refractivity (Wildman–Crippen MR) is 263 cm³/mol. The van der Waals surface area contributed by atoms with Crippen molar-refractivity contribution in [2.75, 3.05) is 13.2 Å². The van der Waals surface area contributed by atoms with Crippen LogP contribution in [0.5, 0.6) is 0 Å². The molecule has 9 nitrogen and oxygen atoms in total. The lowest BCUT2D eigenvalue weighted by Crippen LogP contribution is -2.60. The van der Waals surface area contributed by atoms with E-state index in [-0.39, 0.29) is 12.5 Å². The fourth-order valence-corrected chi connectivity index (χ4v) is 8.40. The molecule has 0 saturated carbocycles. The highest BCUT2D eigenvalue weighted by molar-refractivity contribution is 5.76. The largest absolute Gasteiger partial charge is 0.394 e. The molecule has 1 fully saturated rings. The third kappa shape index (κ3) is 34.4. The van der Waals surface area contributed by atoms with Crippen molar-refractivity contribution < 1.29 is 39.8 Å².